The predicted octanol–water partition coefficient (Wildman–Crippen LogP) is 2.46. The van der Waals surface area contributed by atoms with Crippen LogP contribution in [0.15, 0.2) is 0 Å². The summed E-state index contributed by atoms with van der Waals surface area (Å²) in [4.78, 5) is 0. The van der Waals surface area contributed by atoms with Crippen molar-refractivity contribution in [3.05, 3.63) is 0 Å². The third kappa shape index (κ3) is 5.87. The summed E-state index contributed by atoms with van der Waals surface area (Å²) >= 11 is 0. The molecule has 0 aromatic carbocycles. The van der Waals surface area contributed by atoms with E-state index in [1.807, 2.05) is 0 Å². The lowest BCUT2D eigenvalue weighted by molar-refractivity contribution is 0.248. The molecule has 0 aromatic rings. The first-order valence-electron chi connectivity index (χ1n) is 8.61. The van der Waals surface area contributed by atoms with Crippen molar-refractivity contribution >= 4 is 10.0 Å². The van der Waals surface area contributed by atoms with Crippen LogP contribution in [0, 0.1) is 17.8 Å². The highest BCUT2D eigenvalue weighted by Crippen LogP contribution is 2.30. The van der Waals surface area contributed by atoms with Gasteiger partial charge in [0, 0.05) is 13.1 Å². The van der Waals surface area contributed by atoms with Gasteiger partial charge < -0.3 is 5.32 Å². The van der Waals surface area contributed by atoms with Crippen molar-refractivity contribution < 1.29 is 8.42 Å². The number of rotatable bonds is 6. The summed E-state index contributed by atoms with van der Waals surface area (Å²) in [6, 6.07) is 0. The summed E-state index contributed by atoms with van der Waals surface area (Å²) in [5, 5.41) is 3.57. The van der Waals surface area contributed by atoms with Gasteiger partial charge in [-0.15, -0.1) is 0 Å². The van der Waals surface area contributed by atoms with E-state index in [0.29, 0.717) is 19.0 Å². The minimum Gasteiger partial charge on any atom is -0.316 e. The lowest BCUT2D eigenvalue weighted by atomic mass is 9.81. The Morgan fingerprint density at radius 3 is 2.62 bits per heavy atom. The molecular weight excluding hydrogens is 284 g/mol. The zero-order chi connectivity index (χ0) is 15.3. The molecule has 4 nitrogen and oxygen atoms in total. The van der Waals surface area contributed by atoms with E-state index in [4.69, 9.17) is 0 Å². The SMILES string of the molecule is CC1CCCC(CCNCC2CCCN(S(C)(=O)=O)C2)C1. The molecule has 1 saturated carbocycles. The molecule has 1 saturated heterocycles. The van der Waals surface area contributed by atoms with Crippen molar-refractivity contribution in [2.75, 3.05) is 32.4 Å². The number of nitrogens with zero attached hydrogens (tertiary/aromatic N) is 1. The first kappa shape index (κ1) is 17.2. The average Bonchev–Trinajstić information content (AvgIpc) is 2.43. The van der Waals surface area contributed by atoms with E-state index in [2.05, 4.69) is 12.2 Å². The van der Waals surface area contributed by atoms with Crippen LogP contribution in [0.1, 0.15) is 51.9 Å². The zero-order valence-corrected chi connectivity index (χ0v) is 14.5. The van der Waals surface area contributed by atoms with Crippen LogP contribution in [-0.2, 0) is 10.0 Å². The van der Waals surface area contributed by atoms with Gasteiger partial charge in [-0.3, -0.25) is 0 Å². The van der Waals surface area contributed by atoms with Gasteiger partial charge in [-0.1, -0.05) is 26.2 Å². The van der Waals surface area contributed by atoms with E-state index in [0.717, 1.165) is 37.8 Å². The van der Waals surface area contributed by atoms with Gasteiger partial charge in [0.25, 0.3) is 0 Å². The maximum Gasteiger partial charge on any atom is 0.211 e. The molecule has 0 spiro atoms. The van der Waals surface area contributed by atoms with Gasteiger partial charge in [0.1, 0.15) is 0 Å². The molecule has 1 N–H and O–H groups in total. The first-order valence-corrected chi connectivity index (χ1v) is 10.5. The largest absolute Gasteiger partial charge is 0.316 e. The molecule has 0 aromatic heterocycles. The van der Waals surface area contributed by atoms with Crippen molar-refractivity contribution in [3.8, 4) is 0 Å². The molecule has 0 radical (unpaired) electrons. The van der Waals surface area contributed by atoms with Crippen LogP contribution in [0.3, 0.4) is 0 Å². The molecule has 5 heteroatoms. The Kier molecular flexibility index (Phi) is 6.51. The third-order valence-corrected chi connectivity index (χ3v) is 6.43. The summed E-state index contributed by atoms with van der Waals surface area (Å²) in [6.45, 7) is 5.84. The maximum absolute atomic E-state index is 11.6. The molecule has 0 bridgehead atoms. The molecule has 3 unspecified atom stereocenters. The summed E-state index contributed by atoms with van der Waals surface area (Å²) in [6.07, 6.45) is 10.4. The van der Waals surface area contributed by atoms with Crippen molar-refractivity contribution in [2.24, 2.45) is 17.8 Å². The second-order valence-corrected chi connectivity index (χ2v) is 9.24. The van der Waals surface area contributed by atoms with Gasteiger partial charge >= 0.3 is 0 Å². The highest BCUT2D eigenvalue weighted by molar-refractivity contribution is 7.88. The molecular formula is C16H32N2O2S. The summed E-state index contributed by atoms with van der Waals surface area (Å²) in [5.41, 5.74) is 0. The fourth-order valence-electron chi connectivity index (χ4n) is 3.93. The fraction of sp³-hybridized carbons (Fsp3) is 1.00. The monoisotopic (exact) mass is 316 g/mol. The summed E-state index contributed by atoms with van der Waals surface area (Å²) in [5.74, 6) is 2.30. The van der Waals surface area contributed by atoms with Gasteiger partial charge in [-0.05, 0) is 56.5 Å². The van der Waals surface area contributed by atoms with Crippen LogP contribution in [0.2, 0.25) is 0 Å². The molecule has 124 valence electrons. The Morgan fingerprint density at radius 2 is 1.90 bits per heavy atom. The van der Waals surface area contributed by atoms with Crippen LogP contribution >= 0.6 is 0 Å². The second-order valence-electron chi connectivity index (χ2n) is 7.26. The molecule has 21 heavy (non-hydrogen) atoms. The molecule has 2 fully saturated rings. The number of nitrogens with one attached hydrogen (secondary N) is 1. The summed E-state index contributed by atoms with van der Waals surface area (Å²) < 4.78 is 24.9. The van der Waals surface area contributed by atoms with E-state index in [-0.39, 0.29) is 0 Å². The van der Waals surface area contributed by atoms with Crippen molar-refractivity contribution in [2.45, 2.75) is 51.9 Å². The van der Waals surface area contributed by atoms with Crippen molar-refractivity contribution in [3.63, 3.8) is 0 Å². The highest BCUT2D eigenvalue weighted by atomic mass is 32.2. The quantitative estimate of drug-likeness (QED) is 0.766. The molecule has 0 amide bonds. The van der Waals surface area contributed by atoms with Gasteiger partial charge in [0.15, 0.2) is 0 Å². The molecule has 2 rings (SSSR count). The lowest BCUT2D eigenvalue weighted by Gasteiger charge is -2.31. The lowest BCUT2D eigenvalue weighted by Crippen LogP contribution is -2.42. The summed E-state index contributed by atoms with van der Waals surface area (Å²) in [7, 11) is -3.01. The Hall–Kier alpha value is -0.130. The minimum atomic E-state index is -3.01. The van der Waals surface area contributed by atoms with Crippen LogP contribution < -0.4 is 5.32 Å². The second kappa shape index (κ2) is 7.93. The number of piperidine rings is 1. The van der Waals surface area contributed by atoms with Gasteiger partial charge in [0.2, 0.25) is 10.0 Å². The molecule has 1 aliphatic heterocycles. The van der Waals surface area contributed by atoms with E-state index in [9.17, 15) is 8.42 Å². The maximum atomic E-state index is 11.6. The van der Waals surface area contributed by atoms with Crippen molar-refractivity contribution in [1.29, 1.82) is 0 Å². The molecule has 2 aliphatic rings. The van der Waals surface area contributed by atoms with Crippen LogP contribution in [-0.4, -0.2) is 45.2 Å². The zero-order valence-electron chi connectivity index (χ0n) is 13.7. The number of hydrogen-bond acceptors (Lipinski definition) is 3. The van der Waals surface area contributed by atoms with Gasteiger partial charge in [-0.25, -0.2) is 12.7 Å². The smallest absolute Gasteiger partial charge is 0.211 e. The van der Waals surface area contributed by atoms with Crippen LogP contribution in [0.4, 0.5) is 0 Å². The fourth-order valence-corrected chi connectivity index (χ4v) is 4.87. The van der Waals surface area contributed by atoms with Gasteiger partial charge in [-0.2, -0.15) is 0 Å². The number of hydrogen-bond donors (Lipinski definition) is 1. The van der Waals surface area contributed by atoms with E-state index in [1.54, 1.807) is 4.31 Å². The standard InChI is InChI=1S/C16H32N2O2S/c1-14-5-3-6-15(11-14)8-9-17-12-16-7-4-10-18(13-16)21(2,19)20/h14-17H,3-13H2,1-2H3. The molecule has 1 heterocycles. The van der Waals surface area contributed by atoms with Crippen molar-refractivity contribution in [1.82, 2.24) is 9.62 Å². The normalized spacial score (nSPS) is 32.2. The van der Waals surface area contributed by atoms with E-state index in [1.165, 1.54) is 38.4 Å². The van der Waals surface area contributed by atoms with E-state index < -0.39 is 10.0 Å². The van der Waals surface area contributed by atoms with Crippen LogP contribution in [0.25, 0.3) is 0 Å². The van der Waals surface area contributed by atoms with Gasteiger partial charge in [0.05, 0.1) is 6.26 Å². The Morgan fingerprint density at radius 1 is 1.14 bits per heavy atom. The Bertz CT molecular complexity index is 411. The first-order chi connectivity index (χ1) is 9.95. The van der Waals surface area contributed by atoms with Crippen LogP contribution in [0.5, 0.6) is 0 Å². The predicted molar refractivity (Wildman–Crippen MR) is 87.7 cm³/mol. The average molecular weight is 317 g/mol. The molecule has 3 atom stereocenters. The molecule has 1 aliphatic carbocycles. The van der Waals surface area contributed by atoms with E-state index >= 15 is 0 Å². The third-order valence-electron chi connectivity index (χ3n) is 5.16. The topological polar surface area (TPSA) is 49.4 Å². The number of sulfonamides is 1. The minimum absolute atomic E-state index is 0.485. The Labute approximate surface area is 130 Å². The Balaban J connectivity index is 1.62. The highest BCUT2D eigenvalue weighted by Gasteiger charge is 2.25.